The number of para-hydroxylation sites is 4. The standard InChI is InChI=1S/C70H54F2N2O2/c1-41(2)49-15-11-17-51-53-19-13-25-63(67(53)75-65(49)51)73(45-31-27-43(71)28-32-45)47-35-37-57-55(39-47)56-40-48(36-38-58(56)70(57)61-23-9-7-21-59(61)69(5,6)60-22-8-10-24-62(60)70)74(46-33-29-44(72)30-34-46)64-26-14-20-54-52-18-12-16-50(42(3)4)66(52)76-68(54)64/h7-42H,1-6H3. The second-order valence-electron chi connectivity index (χ2n) is 21.8. The summed E-state index contributed by atoms with van der Waals surface area (Å²) in [5, 5.41) is 4.13. The van der Waals surface area contributed by atoms with E-state index < -0.39 is 5.41 Å². The van der Waals surface area contributed by atoms with Crippen molar-refractivity contribution >= 4 is 78.0 Å². The van der Waals surface area contributed by atoms with E-state index in [1.54, 1.807) is 0 Å². The van der Waals surface area contributed by atoms with Gasteiger partial charge in [0.05, 0.1) is 16.8 Å². The Labute approximate surface area is 441 Å². The van der Waals surface area contributed by atoms with Crippen LogP contribution in [0.1, 0.15) is 97.9 Å². The molecule has 0 fully saturated rings. The molecule has 370 valence electrons. The molecule has 0 unspecified atom stereocenters. The molecule has 0 atom stereocenters. The largest absolute Gasteiger partial charge is 0.454 e. The minimum atomic E-state index is -0.705. The summed E-state index contributed by atoms with van der Waals surface area (Å²) in [7, 11) is 0. The van der Waals surface area contributed by atoms with Gasteiger partial charge >= 0.3 is 0 Å². The average Bonchev–Trinajstić information content (AvgIpc) is 4.30. The summed E-state index contributed by atoms with van der Waals surface area (Å²) in [6.07, 6.45) is 0. The van der Waals surface area contributed by atoms with Gasteiger partial charge in [0.1, 0.15) is 22.8 Å². The normalized spacial score (nSPS) is 14.0. The van der Waals surface area contributed by atoms with Crippen molar-refractivity contribution in [3.8, 4) is 11.1 Å². The molecule has 0 saturated carbocycles. The number of furan rings is 2. The highest BCUT2D eigenvalue weighted by Gasteiger charge is 2.53. The van der Waals surface area contributed by atoms with Crippen molar-refractivity contribution in [2.75, 3.05) is 9.80 Å². The second kappa shape index (κ2) is 16.9. The summed E-state index contributed by atoms with van der Waals surface area (Å²) in [5.41, 5.74) is 19.1. The Bertz CT molecular complexity index is 4040. The molecule has 2 aliphatic rings. The number of benzene rings is 10. The van der Waals surface area contributed by atoms with E-state index in [9.17, 15) is 0 Å². The number of fused-ring (bicyclic) bond motifs is 15. The van der Waals surface area contributed by atoms with E-state index in [1.807, 2.05) is 24.3 Å². The van der Waals surface area contributed by atoms with Crippen molar-refractivity contribution < 1.29 is 17.6 Å². The number of anilines is 6. The van der Waals surface area contributed by atoms with Gasteiger partial charge in [-0.15, -0.1) is 0 Å². The van der Waals surface area contributed by atoms with Crippen LogP contribution in [0.25, 0.3) is 55.0 Å². The van der Waals surface area contributed by atoms with Crippen LogP contribution in [0.5, 0.6) is 0 Å². The number of nitrogens with zero attached hydrogens (tertiary/aromatic N) is 2. The predicted molar refractivity (Wildman–Crippen MR) is 308 cm³/mol. The first kappa shape index (κ1) is 45.8. The smallest absolute Gasteiger partial charge is 0.159 e. The first-order chi connectivity index (χ1) is 36.9. The molecule has 12 aromatic rings. The fraction of sp³-hybridized carbons (Fsp3) is 0.143. The number of halogens is 2. The molecule has 1 spiro atoms. The van der Waals surface area contributed by atoms with Crippen LogP contribution in [-0.2, 0) is 10.8 Å². The number of hydrogen-bond donors (Lipinski definition) is 0. The van der Waals surface area contributed by atoms with Crippen LogP contribution in [0.2, 0.25) is 0 Å². The van der Waals surface area contributed by atoms with E-state index in [0.717, 1.165) is 111 Å². The van der Waals surface area contributed by atoms with Crippen LogP contribution in [0.4, 0.5) is 42.9 Å². The highest BCUT2D eigenvalue weighted by molar-refractivity contribution is 6.13. The van der Waals surface area contributed by atoms with Gasteiger partial charge in [-0.25, -0.2) is 8.78 Å². The molecule has 0 amide bonds. The molecular weight excluding hydrogens is 939 g/mol. The lowest BCUT2D eigenvalue weighted by atomic mass is 9.55. The minimum absolute atomic E-state index is 0.249. The third kappa shape index (κ3) is 6.52. The highest BCUT2D eigenvalue weighted by Crippen LogP contribution is 2.63. The molecule has 76 heavy (non-hydrogen) atoms. The molecule has 6 heteroatoms. The van der Waals surface area contributed by atoms with Gasteiger partial charge in [0, 0.05) is 49.7 Å². The van der Waals surface area contributed by atoms with E-state index in [1.165, 1.54) is 46.5 Å². The predicted octanol–water partition coefficient (Wildman–Crippen LogP) is 20.0. The molecular formula is C70H54F2N2O2. The second-order valence-corrected chi connectivity index (χ2v) is 21.8. The fourth-order valence-corrected chi connectivity index (χ4v) is 13.1. The van der Waals surface area contributed by atoms with Crippen molar-refractivity contribution in [1.82, 2.24) is 0 Å². The van der Waals surface area contributed by atoms with E-state index in [2.05, 4.69) is 209 Å². The first-order valence-electron chi connectivity index (χ1n) is 26.4. The molecule has 4 nitrogen and oxygen atoms in total. The van der Waals surface area contributed by atoms with Crippen LogP contribution in [0.3, 0.4) is 0 Å². The lowest BCUT2D eigenvalue weighted by Gasteiger charge is -2.46. The molecule has 0 aliphatic heterocycles. The van der Waals surface area contributed by atoms with Gasteiger partial charge in [-0.1, -0.05) is 163 Å². The molecule has 0 N–H and O–H groups in total. The zero-order valence-electron chi connectivity index (χ0n) is 43.3. The molecule has 14 rings (SSSR count). The van der Waals surface area contributed by atoms with Crippen molar-refractivity contribution in [2.45, 2.75) is 64.2 Å². The van der Waals surface area contributed by atoms with E-state index >= 15 is 8.78 Å². The quantitative estimate of drug-likeness (QED) is 0.152. The van der Waals surface area contributed by atoms with Crippen LogP contribution in [0.15, 0.2) is 215 Å². The number of rotatable bonds is 8. The van der Waals surface area contributed by atoms with Crippen molar-refractivity contribution in [2.24, 2.45) is 0 Å². The average molecular weight is 993 g/mol. The maximum atomic E-state index is 15.0. The summed E-state index contributed by atoms with van der Waals surface area (Å²) in [6.45, 7) is 13.5. The Hall–Kier alpha value is -8.74. The molecule has 2 heterocycles. The summed E-state index contributed by atoms with van der Waals surface area (Å²) >= 11 is 0. The SMILES string of the molecule is CC(C)c1cccc2c1oc1c(N(c3ccc(F)cc3)c3ccc4c(c3)-c3cc(N(c5ccc(F)cc5)c5cccc6c5oc5c(C(C)C)cccc56)ccc3C43c4ccccc4C(C)(C)c4ccccc43)cccc12. The van der Waals surface area contributed by atoms with E-state index in [4.69, 9.17) is 8.83 Å². The Balaban J connectivity index is 1.06. The fourth-order valence-electron chi connectivity index (χ4n) is 13.1. The van der Waals surface area contributed by atoms with Crippen LogP contribution >= 0.6 is 0 Å². The Morgan fingerprint density at radius 2 is 0.711 bits per heavy atom. The molecule has 0 bridgehead atoms. The van der Waals surface area contributed by atoms with Crippen LogP contribution in [-0.4, -0.2) is 0 Å². The lowest BCUT2D eigenvalue weighted by molar-refractivity contribution is 0.563. The van der Waals surface area contributed by atoms with Crippen molar-refractivity contribution in [3.63, 3.8) is 0 Å². The first-order valence-corrected chi connectivity index (χ1v) is 26.4. The van der Waals surface area contributed by atoms with E-state index in [0.29, 0.717) is 0 Å². The van der Waals surface area contributed by atoms with Gasteiger partial charge < -0.3 is 18.6 Å². The zero-order chi connectivity index (χ0) is 51.8. The lowest BCUT2D eigenvalue weighted by Crippen LogP contribution is -2.40. The number of hydrogen-bond acceptors (Lipinski definition) is 4. The van der Waals surface area contributed by atoms with Crippen molar-refractivity contribution in [3.05, 3.63) is 262 Å². The van der Waals surface area contributed by atoms with Crippen LogP contribution < -0.4 is 9.80 Å². The Kier molecular flexibility index (Phi) is 10.2. The summed E-state index contributed by atoms with van der Waals surface area (Å²) in [5.74, 6) is -0.129. The van der Waals surface area contributed by atoms with Gasteiger partial charge in [0.15, 0.2) is 11.2 Å². The van der Waals surface area contributed by atoms with Crippen molar-refractivity contribution in [1.29, 1.82) is 0 Å². The topological polar surface area (TPSA) is 32.8 Å². The molecule has 2 aromatic heterocycles. The molecule has 10 aromatic carbocycles. The van der Waals surface area contributed by atoms with Crippen LogP contribution in [0, 0.1) is 11.6 Å². The summed E-state index contributed by atoms with van der Waals surface area (Å²) < 4.78 is 44.0. The molecule has 2 aliphatic carbocycles. The van der Waals surface area contributed by atoms with Gasteiger partial charge in [-0.3, -0.25) is 0 Å². The summed E-state index contributed by atoms with van der Waals surface area (Å²) in [6, 6.07) is 70.5. The zero-order valence-corrected chi connectivity index (χ0v) is 43.3. The Morgan fingerprint density at radius 3 is 1.11 bits per heavy atom. The van der Waals surface area contributed by atoms with E-state index in [-0.39, 0.29) is 28.9 Å². The Morgan fingerprint density at radius 1 is 0.355 bits per heavy atom. The summed E-state index contributed by atoms with van der Waals surface area (Å²) in [4.78, 5) is 4.41. The minimum Gasteiger partial charge on any atom is -0.454 e. The maximum absolute atomic E-state index is 15.0. The van der Waals surface area contributed by atoms with Gasteiger partial charge in [0.2, 0.25) is 0 Å². The van der Waals surface area contributed by atoms with Gasteiger partial charge in [-0.05, 0) is 152 Å². The third-order valence-electron chi connectivity index (χ3n) is 16.6. The third-order valence-corrected chi connectivity index (χ3v) is 16.6. The van der Waals surface area contributed by atoms with Gasteiger partial charge in [0.25, 0.3) is 0 Å². The molecule has 0 radical (unpaired) electrons. The monoisotopic (exact) mass is 992 g/mol. The van der Waals surface area contributed by atoms with Gasteiger partial charge in [-0.2, -0.15) is 0 Å². The highest BCUT2D eigenvalue weighted by atomic mass is 19.1. The maximum Gasteiger partial charge on any atom is 0.159 e. The molecule has 0 saturated heterocycles.